The first-order chi connectivity index (χ1) is 9.73. The number of carbonyl (C=O) groups is 1. The van der Waals surface area contributed by atoms with Gasteiger partial charge in [0, 0.05) is 5.75 Å². The largest absolute Gasteiger partial charge is 0.468 e. The van der Waals surface area contributed by atoms with Crippen molar-refractivity contribution in [2.24, 2.45) is 5.92 Å². The highest BCUT2D eigenvalue weighted by molar-refractivity contribution is 7.98. The summed E-state index contributed by atoms with van der Waals surface area (Å²) in [5.74, 6) is 2.74. The first kappa shape index (κ1) is 15.4. The maximum Gasteiger partial charge on any atom is 0.327 e. The van der Waals surface area contributed by atoms with Gasteiger partial charge in [-0.15, -0.1) is 0 Å². The van der Waals surface area contributed by atoms with Gasteiger partial charge in [-0.25, -0.2) is 0 Å². The van der Waals surface area contributed by atoms with Gasteiger partial charge in [0.25, 0.3) is 0 Å². The van der Waals surface area contributed by atoms with Gasteiger partial charge in [-0.3, -0.25) is 4.79 Å². The minimum Gasteiger partial charge on any atom is -0.468 e. The van der Waals surface area contributed by atoms with Crippen LogP contribution in [0.5, 0.6) is 0 Å². The number of hydrogen-bond donors (Lipinski definition) is 1. The second-order valence-corrected chi connectivity index (χ2v) is 6.22. The predicted octanol–water partition coefficient (Wildman–Crippen LogP) is 2.83. The van der Waals surface area contributed by atoms with E-state index in [1.807, 2.05) is 12.1 Å². The molecular weight excluding hydrogens is 274 g/mol. The van der Waals surface area contributed by atoms with E-state index in [4.69, 9.17) is 9.15 Å². The second kappa shape index (κ2) is 7.18. The minimum absolute atomic E-state index is 0.125. The Morgan fingerprint density at radius 3 is 2.95 bits per heavy atom. The summed E-state index contributed by atoms with van der Waals surface area (Å²) in [6.07, 6.45) is 4.90. The molecule has 0 saturated heterocycles. The van der Waals surface area contributed by atoms with Crippen molar-refractivity contribution in [1.29, 1.82) is 0 Å². The number of hydrogen-bond acceptors (Lipinski definition) is 5. The molecular formula is C15H23NO3S. The standard InChI is InChI=1S/C15H23NO3S/c1-3-8-16-15(12-6-7-12,14(17)18-2)11-20-10-13-5-4-9-19-13/h4-5,9,12,16H,3,6-8,10-11H2,1-2H3. The lowest BCUT2D eigenvalue weighted by Crippen LogP contribution is -2.57. The first-order valence-electron chi connectivity index (χ1n) is 7.16. The Hall–Kier alpha value is -0.940. The second-order valence-electron chi connectivity index (χ2n) is 5.24. The quantitative estimate of drug-likeness (QED) is 0.710. The van der Waals surface area contributed by atoms with Gasteiger partial charge in [-0.05, 0) is 43.9 Å². The van der Waals surface area contributed by atoms with E-state index in [0.29, 0.717) is 5.92 Å². The summed E-state index contributed by atoms with van der Waals surface area (Å²) < 4.78 is 10.4. The number of methoxy groups -OCH3 is 1. The van der Waals surface area contributed by atoms with Gasteiger partial charge in [0.2, 0.25) is 0 Å². The van der Waals surface area contributed by atoms with Crippen LogP contribution in [0.1, 0.15) is 31.9 Å². The number of rotatable bonds is 9. The van der Waals surface area contributed by atoms with E-state index in [-0.39, 0.29) is 5.97 Å². The van der Waals surface area contributed by atoms with Crippen LogP contribution in [-0.4, -0.2) is 30.9 Å². The SMILES string of the molecule is CCCNC(CSCc1ccco1)(C(=O)OC)C1CC1. The Balaban J connectivity index is 1.98. The molecule has 112 valence electrons. The third-order valence-electron chi connectivity index (χ3n) is 3.67. The van der Waals surface area contributed by atoms with E-state index in [0.717, 1.165) is 43.1 Å². The number of carbonyl (C=O) groups excluding carboxylic acids is 1. The van der Waals surface area contributed by atoms with E-state index in [9.17, 15) is 4.79 Å². The van der Waals surface area contributed by atoms with Crippen molar-refractivity contribution >= 4 is 17.7 Å². The van der Waals surface area contributed by atoms with Crippen molar-refractivity contribution in [3.05, 3.63) is 24.2 Å². The fourth-order valence-corrected chi connectivity index (χ4v) is 3.67. The molecule has 1 aromatic heterocycles. The number of ether oxygens (including phenoxy) is 1. The van der Waals surface area contributed by atoms with Crippen LogP contribution in [0.25, 0.3) is 0 Å². The van der Waals surface area contributed by atoms with Crippen molar-refractivity contribution in [2.45, 2.75) is 37.5 Å². The molecule has 1 aliphatic rings. The normalized spacial score (nSPS) is 17.7. The van der Waals surface area contributed by atoms with Crippen LogP contribution in [0, 0.1) is 5.92 Å². The molecule has 0 aromatic carbocycles. The number of thioether (sulfide) groups is 1. The van der Waals surface area contributed by atoms with Gasteiger partial charge in [-0.1, -0.05) is 6.92 Å². The van der Waals surface area contributed by atoms with E-state index in [1.54, 1.807) is 18.0 Å². The Labute approximate surface area is 124 Å². The monoisotopic (exact) mass is 297 g/mol. The highest BCUT2D eigenvalue weighted by atomic mass is 32.2. The fourth-order valence-electron chi connectivity index (χ4n) is 2.42. The predicted molar refractivity (Wildman–Crippen MR) is 80.6 cm³/mol. The molecule has 0 radical (unpaired) electrons. The topological polar surface area (TPSA) is 51.5 Å². The summed E-state index contributed by atoms with van der Waals surface area (Å²) in [4.78, 5) is 12.3. The number of esters is 1. The average molecular weight is 297 g/mol. The molecule has 1 heterocycles. The lowest BCUT2D eigenvalue weighted by atomic mass is 9.95. The third-order valence-corrected chi connectivity index (χ3v) is 4.82. The zero-order valence-electron chi connectivity index (χ0n) is 12.2. The molecule has 20 heavy (non-hydrogen) atoms. The molecule has 0 bridgehead atoms. The molecule has 1 saturated carbocycles. The summed E-state index contributed by atoms with van der Waals surface area (Å²) in [6.45, 7) is 2.95. The Bertz CT molecular complexity index is 417. The Kier molecular flexibility index (Phi) is 5.54. The highest BCUT2D eigenvalue weighted by Gasteiger charge is 2.51. The highest BCUT2D eigenvalue weighted by Crippen LogP contribution is 2.42. The van der Waals surface area contributed by atoms with Crippen molar-refractivity contribution in [2.75, 3.05) is 19.4 Å². The summed E-state index contributed by atoms with van der Waals surface area (Å²) in [6, 6.07) is 3.85. The zero-order chi connectivity index (χ0) is 14.4. The zero-order valence-corrected chi connectivity index (χ0v) is 13.0. The Morgan fingerprint density at radius 2 is 2.40 bits per heavy atom. The molecule has 1 fully saturated rings. The van der Waals surface area contributed by atoms with Crippen LogP contribution in [0.4, 0.5) is 0 Å². The lowest BCUT2D eigenvalue weighted by Gasteiger charge is -2.32. The van der Waals surface area contributed by atoms with Gasteiger partial charge >= 0.3 is 5.97 Å². The molecule has 1 aliphatic carbocycles. The maximum atomic E-state index is 12.3. The van der Waals surface area contributed by atoms with Crippen LogP contribution in [-0.2, 0) is 15.3 Å². The van der Waals surface area contributed by atoms with E-state index < -0.39 is 5.54 Å². The van der Waals surface area contributed by atoms with Crippen molar-refractivity contribution in [1.82, 2.24) is 5.32 Å². The molecule has 1 N–H and O–H groups in total. The van der Waals surface area contributed by atoms with Crippen LogP contribution < -0.4 is 5.32 Å². The van der Waals surface area contributed by atoms with Crippen LogP contribution in [0.2, 0.25) is 0 Å². The van der Waals surface area contributed by atoms with E-state index >= 15 is 0 Å². The third kappa shape index (κ3) is 3.58. The van der Waals surface area contributed by atoms with Crippen LogP contribution in [0.3, 0.4) is 0 Å². The maximum absolute atomic E-state index is 12.3. The van der Waals surface area contributed by atoms with Gasteiger partial charge in [0.15, 0.2) is 0 Å². The molecule has 4 nitrogen and oxygen atoms in total. The molecule has 0 spiro atoms. The lowest BCUT2D eigenvalue weighted by molar-refractivity contribution is -0.148. The molecule has 1 atom stereocenters. The van der Waals surface area contributed by atoms with Crippen molar-refractivity contribution in [3.8, 4) is 0 Å². The first-order valence-corrected chi connectivity index (χ1v) is 8.32. The van der Waals surface area contributed by atoms with Crippen LogP contribution in [0.15, 0.2) is 22.8 Å². The van der Waals surface area contributed by atoms with Crippen molar-refractivity contribution < 1.29 is 13.9 Å². The molecule has 0 aliphatic heterocycles. The molecule has 1 unspecified atom stereocenters. The fraction of sp³-hybridized carbons (Fsp3) is 0.667. The van der Waals surface area contributed by atoms with Crippen molar-refractivity contribution in [3.63, 3.8) is 0 Å². The number of nitrogens with one attached hydrogen (secondary N) is 1. The van der Waals surface area contributed by atoms with Gasteiger partial charge in [0.1, 0.15) is 11.3 Å². The molecule has 5 heteroatoms. The molecule has 2 rings (SSSR count). The molecule has 1 aromatic rings. The van der Waals surface area contributed by atoms with E-state index in [2.05, 4.69) is 12.2 Å². The summed E-state index contributed by atoms with van der Waals surface area (Å²) >= 11 is 1.72. The smallest absolute Gasteiger partial charge is 0.327 e. The van der Waals surface area contributed by atoms with Gasteiger partial charge in [-0.2, -0.15) is 11.8 Å². The summed E-state index contributed by atoms with van der Waals surface area (Å²) in [5, 5.41) is 3.45. The number of furan rings is 1. The average Bonchev–Trinajstić information content (AvgIpc) is 3.20. The summed E-state index contributed by atoms with van der Waals surface area (Å²) in [5.41, 5.74) is -0.526. The molecule has 0 amide bonds. The van der Waals surface area contributed by atoms with Gasteiger partial charge in [0.05, 0.1) is 19.1 Å². The minimum atomic E-state index is -0.526. The van der Waals surface area contributed by atoms with Gasteiger partial charge < -0.3 is 14.5 Å². The summed E-state index contributed by atoms with van der Waals surface area (Å²) in [7, 11) is 1.48. The van der Waals surface area contributed by atoms with E-state index in [1.165, 1.54) is 7.11 Å². The Morgan fingerprint density at radius 1 is 1.60 bits per heavy atom. The van der Waals surface area contributed by atoms with Crippen LogP contribution >= 0.6 is 11.8 Å².